The Morgan fingerprint density at radius 2 is 2.32 bits per heavy atom. The molecular weight excluding hydrogens is 238 g/mol. The van der Waals surface area contributed by atoms with Gasteiger partial charge in [0.2, 0.25) is 0 Å². The summed E-state index contributed by atoms with van der Waals surface area (Å²) in [7, 11) is 0. The van der Waals surface area contributed by atoms with Crippen LogP contribution in [0.3, 0.4) is 0 Å². The Kier molecular flexibility index (Phi) is 3.03. The lowest BCUT2D eigenvalue weighted by Gasteiger charge is -2.25. The molecule has 0 bridgehead atoms. The Hall–Kier alpha value is -1.81. The molecule has 0 saturated carbocycles. The fourth-order valence-electron chi connectivity index (χ4n) is 2.84. The van der Waals surface area contributed by atoms with Crippen molar-refractivity contribution in [2.24, 2.45) is 0 Å². The van der Waals surface area contributed by atoms with Crippen molar-refractivity contribution in [3.8, 4) is 0 Å². The van der Waals surface area contributed by atoms with Crippen molar-refractivity contribution in [1.29, 1.82) is 0 Å². The summed E-state index contributed by atoms with van der Waals surface area (Å²) in [6.07, 6.45) is 4.24. The molecule has 1 aromatic carbocycles. The molecule has 1 atom stereocenters. The number of benzene rings is 1. The molecular formula is C15H19N3O. The zero-order chi connectivity index (χ0) is 13.4. The van der Waals surface area contributed by atoms with Crippen molar-refractivity contribution in [2.45, 2.75) is 33.0 Å². The molecule has 0 radical (unpaired) electrons. The van der Waals surface area contributed by atoms with E-state index in [2.05, 4.69) is 35.0 Å². The van der Waals surface area contributed by atoms with E-state index in [-0.39, 0.29) is 5.69 Å². The van der Waals surface area contributed by atoms with Gasteiger partial charge in [-0.3, -0.25) is 9.47 Å². The van der Waals surface area contributed by atoms with E-state index in [1.165, 1.54) is 5.56 Å². The van der Waals surface area contributed by atoms with E-state index in [0.717, 1.165) is 30.7 Å². The number of para-hydroxylation sites is 1. The molecule has 0 aliphatic carbocycles. The van der Waals surface area contributed by atoms with E-state index in [4.69, 9.17) is 0 Å². The van der Waals surface area contributed by atoms with Gasteiger partial charge in [-0.2, -0.15) is 0 Å². The Balaban J connectivity index is 2.11. The smallest absolute Gasteiger partial charge is 0.306 e. The summed E-state index contributed by atoms with van der Waals surface area (Å²) in [4.78, 5) is 17.4. The number of aromatic nitrogens is 2. The predicted octanol–water partition coefficient (Wildman–Crippen LogP) is 2.11. The van der Waals surface area contributed by atoms with E-state index < -0.39 is 0 Å². The van der Waals surface area contributed by atoms with Crippen LogP contribution < -0.4 is 5.69 Å². The number of aromatic amines is 1. The molecule has 4 heteroatoms. The second-order valence-electron chi connectivity index (χ2n) is 5.20. The molecule has 2 aromatic rings. The van der Waals surface area contributed by atoms with E-state index in [1.807, 2.05) is 23.6 Å². The summed E-state index contributed by atoms with van der Waals surface area (Å²) in [5.41, 5.74) is 3.25. The fraction of sp³-hybridized carbons (Fsp3) is 0.400. The van der Waals surface area contributed by atoms with Gasteiger partial charge < -0.3 is 4.98 Å². The summed E-state index contributed by atoms with van der Waals surface area (Å²) in [6, 6.07) is 6.46. The summed E-state index contributed by atoms with van der Waals surface area (Å²) in [6.45, 7) is 6.78. The Morgan fingerprint density at radius 3 is 3.11 bits per heavy atom. The van der Waals surface area contributed by atoms with Gasteiger partial charge in [0.15, 0.2) is 0 Å². The largest absolute Gasteiger partial charge is 0.326 e. The van der Waals surface area contributed by atoms with E-state index >= 15 is 0 Å². The minimum atomic E-state index is 0.00202. The molecule has 4 nitrogen and oxygen atoms in total. The van der Waals surface area contributed by atoms with Crippen LogP contribution >= 0.6 is 0 Å². The van der Waals surface area contributed by atoms with Gasteiger partial charge >= 0.3 is 5.69 Å². The summed E-state index contributed by atoms with van der Waals surface area (Å²) in [5.74, 6) is 0. The third kappa shape index (κ3) is 2.02. The maximum Gasteiger partial charge on any atom is 0.326 e. The molecule has 1 N–H and O–H groups in total. The zero-order valence-electron chi connectivity index (χ0n) is 11.4. The molecule has 1 aromatic heterocycles. The lowest BCUT2D eigenvalue weighted by atomic mass is 10.1. The van der Waals surface area contributed by atoms with E-state index in [1.54, 1.807) is 0 Å². The first kappa shape index (κ1) is 12.2. The number of nitrogens with one attached hydrogen (secondary N) is 1. The molecule has 1 unspecified atom stereocenters. The third-order valence-corrected chi connectivity index (χ3v) is 3.90. The van der Waals surface area contributed by atoms with Crippen LogP contribution in [0.25, 0.3) is 11.0 Å². The van der Waals surface area contributed by atoms with Crippen LogP contribution in [0.1, 0.15) is 19.4 Å². The van der Waals surface area contributed by atoms with Gasteiger partial charge in [0, 0.05) is 25.7 Å². The number of imidazole rings is 1. The second kappa shape index (κ2) is 4.70. The van der Waals surface area contributed by atoms with Crippen molar-refractivity contribution in [1.82, 2.24) is 14.5 Å². The van der Waals surface area contributed by atoms with Crippen molar-refractivity contribution in [3.05, 3.63) is 46.4 Å². The highest BCUT2D eigenvalue weighted by Crippen LogP contribution is 2.23. The topological polar surface area (TPSA) is 41.0 Å². The van der Waals surface area contributed by atoms with Crippen molar-refractivity contribution in [2.75, 3.05) is 6.54 Å². The number of nitrogens with zero attached hydrogens (tertiary/aromatic N) is 2. The van der Waals surface area contributed by atoms with Crippen LogP contribution in [0.4, 0.5) is 0 Å². The highest BCUT2D eigenvalue weighted by Gasteiger charge is 2.22. The lowest BCUT2D eigenvalue weighted by molar-refractivity contribution is 0.210. The minimum absolute atomic E-state index is 0.00202. The molecule has 0 spiro atoms. The molecule has 0 saturated heterocycles. The monoisotopic (exact) mass is 257 g/mol. The third-order valence-electron chi connectivity index (χ3n) is 3.90. The van der Waals surface area contributed by atoms with Crippen LogP contribution in [0.15, 0.2) is 35.1 Å². The van der Waals surface area contributed by atoms with Crippen LogP contribution in [0, 0.1) is 0 Å². The highest BCUT2D eigenvalue weighted by molar-refractivity contribution is 5.79. The average molecular weight is 257 g/mol. The lowest BCUT2D eigenvalue weighted by Crippen LogP contribution is -2.35. The summed E-state index contributed by atoms with van der Waals surface area (Å²) in [5, 5.41) is 0. The van der Waals surface area contributed by atoms with Crippen molar-refractivity contribution < 1.29 is 0 Å². The summed E-state index contributed by atoms with van der Waals surface area (Å²) < 4.78 is 1.88. The first-order valence-corrected chi connectivity index (χ1v) is 6.76. The van der Waals surface area contributed by atoms with Crippen molar-refractivity contribution >= 4 is 11.0 Å². The van der Waals surface area contributed by atoms with Crippen LogP contribution in [-0.2, 0) is 13.1 Å². The van der Waals surface area contributed by atoms with Gasteiger partial charge in [-0.1, -0.05) is 24.3 Å². The molecule has 1 aliphatic heterocycles. The molecule has 0 amide bonds. The van der Waals surface area contributed by atoms with Gasteiger partial charge in [0.1, 0.15) is 0 Å². The van der Waals surface area contributed by atoms with Gasteiger partial charge in [-0.15, -0.1) is 0 Å². The molecule has 2 heterocycles. The maximum atomic E-state index is 12.0. The Bertz CT molecular complexity index is 680. The molecule has 1 aliphatic rings. The van der Waals surface area contributed by atoms with Crippen molar-refractivity contribution in [3.63, 3.8) is 0 Å². The number of allylic oxidation sites excluding steroid dienone is 1. The van der Waals surface area contributed by atoms with Crippen LogP contribution in [0.2, 0.25) is 0 Å². The van der Waals surface area contributed by atoms with E-state index in [0.29, 0.717) is 6.04 Å². The summed E-state index contributed by atoms with van der Waals surface area (Å²) >= 11 is 0. The minimum Gasteiger partial charge on any atom is -0.306 e. The number of hydrogen-bond acceptors (Lipinski definition) is 2. The standard InChI is InChI=1S/C15H19N3O/c1-3-4-8-17-10-12-6-5-7-13-14(12)18(9-11(17)2)15(19)16-13/h3-7,11H,8-10H2,1-2H3,(H,16,19)/b4-3-. The van der Waals surface area contributed by atoms with Crippen LogP contribution in [0.5, 0.6) is 0 Å². The van der Waals surface area contributed by atoms with Gasteiger partial charge in [-0.25, -0.2) is 4.79 Å². The Labute approximate surface area is 112 Å². The number of H-pyrrole nitrogens is 1. The molecule has 100 valence electrons. The Morgan fingerprint density at radius 1 is 1.47 bits per heavy atom. The van der Waals surface area contributed by atoms with Gasteiger partial charge in [0.05, 0.1) is 11.0 Å². The average Bonchev–Trinajstić information content (AvgIpc) is 2.63. The molecule has 3 rings (SSSR count). The van der Waals surface area contributed by atoms with Gasteiger partial charge in [-0.05, 0) is 25.5 Å². The zero-order valence-corrected chi connectivity index (χ0v) is 11.4. The first-order valence-electron chi connectivity index (χ1n) is 6.76. The number of rotatable bonds is 2. The fourth-order valence-corrected chi connectivity index (χ4v) is 2.84. The predicted molar refractivity (Wildman–Crippen MR) is 77.2 cm³/mol. The van der Waals surface area contributed by atoms with Gasteiger partial charge in [0.25, 0.3) is 0 Å². The van der Waals surface area contributed by atoms with E-state index in [9.17, 15) is 4.79 Å². The second-order valence-corrected chi connectivity index (χ2v) is 5.20. The molecule has 19 heavy (non-hydrogen) atoms. The number of hydrogen-bond donors (Lipinski definition) is 1. The normalized spacial score (nSPS) is 20.2. The SMILES string of the molecule is C/C=C\CN1Cc2cccc3[nH]c(=O)n(c23)CC1C. The van der Waals surface area contributed by atoms with Crippen LogP contribution in [-0.4, -0.2) is 27.0 Å². The highest BCUT2D eigenvalue weighted by atomic mass is 16.1. The molecule has 0 fully saturated rings. The quantitative estimate of drug-likeness (QED) is 0.837. The maximum absolute atomic E-state index is 12.0. The first-order chi connectivity index (χ1) is 9.20.